The van der Waals surface area contributed by atoms with Gasteiger partial charge in [-0.3, -0.25) is 8.51 Å². The third-order valence-corrected chi connectivity index (χ3v) is 4.83. The fraction of sp³-hybridized carbons (Fsp3) is 0. The number of rotatable bonds is 5. The maximum Gasteiger partial charge on any atom is 0.339 e. The highest BCUT2D eigenvalue weighted by Gasteiger charge is 2.17. The Morgan fingerprint density at radius 1 is 1.11 bits per heavy atom. The number of halogens is 1. The number of phenolic OH excluding ortho intramolecular Hbond substituents is 1. The number of nitrogens with zero attached hydrogens (tertiary/aromatic N) is 2. The molecule has 1 atom stereocenters. The fourth-order valence-electron chi connectivity index (χ4n) is 2.57. The summed E-state index contributed by atoms with van der Waals surface area (Å²) in [5, 5.41) is 28.6. The molecule has 1 unspecified atom stereocenters. The van der Waals surface area contributed by atoms with E-state index in [1.807, 2.05) is 0 Å². The molecule has 0 bridgehead atoms. The molecule has 0 aliphatic heterocycles. The second-order valence-corrected chi connectivity index (χ2v) is 6.76. The molecule has 2 aromatic carbocycles. The minimum Gasteiger partial charge on any atom is -0.755 e. The van der Waals surface area contributed by atoms with E-state index in [4.69, 9.17) is 16.7 Å². The standard InChI is InChI=1S/C18H13ClN2O6S/c19-17-15(10-2-1-3-13(22)6-10)7-12(9-20-17)21(28(26)27)11-4-5-14(18(24)25)16(23)8-11/h1-9,22-23H,(H,24,25)(H,26,27)/p-1. The van der Waals surface area contributed by atoms with E-state index >= 15 is 0 Å². The Kier molecular flexibility index (Phi) is 5.50. The van der Waals surface area contributed by atoms with Crippen LogP contribution in [-0.4, -0.2) is 35.0 Å². The molecule has 0 spiro atoms. The summed E-state index contributed by atoms with van der Waals surface area (Å²) in [6.45, 7) is 0. The number of hydrogen-bond acceptors (Lipinski definition) is 6. The average molecular weight is 420 g/mol. The van der Waals surface area contributed by atoms with Crippen LogP contribution in [0.1, 0.15) is 10.4 Å². The van der Waals surface area contributed by atoms with E-state index in [-0.39, 0.29) is 27.8 Å². The molecule has 0 aliphatic carbocycles. The van der Waals surface area contributed by atoms with Crippen molar-refractivity contribution in [2.75, 3.05) is 4.31 Å². The Bertz CT molecular complexity index is 1090. The number of aromatic carboxylic acids is 1. The molecule has 0 aliphatic rings. The molecule has 3 N–H and O–H groups in total. The lowest BCUT2D eigenvalue weighted by Crippen LogP contribution is -2.20. The highest BCUT2D eigenvalue weighted by Crippen LogP contribution is 2.36. The third-order valence-electron chi connectivity index (χ3n) is 3.81. The van der Waals surface area contributed by atoms with Gasteiger partial charge in [-0.2, -0.15) is 0 Å². The molecule has 3 rings (SSSR count). The Morgan fingerprint density at radius 3 is 2.46 bits per heavy atom. The lowest BCUT2D eigenvalue weighted by Gasteiger charge is -2.27. The molecular weight excluding hydrogens is 408 g/mol. The zero-order valence-electron chi connectivity index (χ0n) is 13.9. The van der Waals surface area contributed by atoms with Crippen molar-refractivity contribution in [3.63, 3.8) is 0 Å². The molecule has 1 aromatic heterocycles. The third kappa shape index (κ3) is 3.91. The van der Waals surface area contributed by atoms with E-state index in [1.54, 1.807) is 12.1 Å². The van der Waals surface area contributed by atoms with E-state index in [0.29, 0.717) is 11.1 Å². The summed E-state index contributed by atoms with van der Waals surface area (Å²) in [6, 6.07) is 11.0. The SMILES string of the molecule is O=C(O)c1ccc(N(c2cnc(Cl)c(-c3cccc(O)c3)c2)S(=O)[O-])cc1O. The van der Waals surface area contributed by atoms with E-state index in [1.165, 1.54) is 30.5 Å². The first-order chi connectivity index (χ1) is 13.3. The summed E-state index contributed by atoms with van der Waals surface area (Å²) >= 11 is 3.31. The molecule has 8 nitrogen and oxygen atoms in total. The van der Waals surface area contributed by atoms with Gasteiger partial charge in [-0.15, -0.1) is 0 Å². The van der Waals surface area contributed by atoms with E-state index in [0.717, 1.165) is 16.4 Å². The second-order valence-electron chi connectivity index (χ2n) is 5.60. The highest BCUT2D eigenvalue weighted by atomic mass is 35.5. The van der Waals surface area contributed by atoms with Gasteiger partial charge < -0.3 is 19.9 Å². The first kappa shape index (κ1) is 19.6. The fourth-order valence-corrected chi connectivity index (χ4v) is 3.34. The molecule has 28 heavy (non-hydrogen) atoms. The molecule has 0 amide bonds. The van der Waals surface area contributed by atoms with Crippen LogP contribution >= 0.6 is 11.6 Å². The van der Waals surface area contributed by atoms with Crippen LogP contribution in [0.2, 0.25) is 5.15 Å². The van der Waals surface area contributed by atoms with Crippen LogP contribution in [0.4, 0.5) is 11.4 Å². The molecular formula is C18H12ClN2O6S-. The Morgan fingerprint density at radius 2 is 1.86 bits per heavy atom. The molecule has 1 heterocycles. The maximum atomic E-state index is 11.8. The predicted molar refractivity (Wildman–Crippen MR) is 102 cm³/mol. The minimum atomic E-state index is -2.81. The normalized spacial score (nSPS) is 11.8. The Labute approximate surface area is 166 Å². The van der Waals surface area contributed by atoms with Gasteiger partial charge >= 0.3 is 5.97 Å². The molecule has 0 radical (unpaired) electrons. The van der Waals surface area contributed by atoms with Gasteiger partial charge in [0.2, 0.25) is 0 Å². The van der Waals surface area contributed by atoms with Crippen molar-refractivity contribution < 1.29 is 28.9 Å². The van der Waals surface area contributed by atoms with Crippen LogP contribution in [0.15, 0.2) is 54.7 Å². The van der Waals surface area contributed by atoms with Crippen LogP contribution in [0.25, 0.3) is 11.1 Å². The molecule has 0 saturated carbocycles. The first-order valence-electron chi connectivity index (χ1n) is 7.68. The summed E-state index contributed by atoms with van der Waals surface area (Å²) in [5.74, 6) is -1.94. The van der Waals surface area contributed by atoms with Crippen molar-refractivity contribution in [2.45, 2.75) is 0 Å². The van der Waals surface area contributed by atoms with Crippen molar-refractivity contribution in [1.82, 2.24) is 4.98 Å². The van der Waals surface area contributed by atoms with E-state index in [9.17, 15) is 23.8 Å². The van der Waals surface area contributed by atoms with E-state index < -0.39 is 23.0 Å². The largest absolute Gasteiger partial charge is 0.755 e. The van der Waals surface area contributed by atoms with Gasteiger partial charge in [-0.1, -0.05) is 23.7 Å². The molecule has 3 aromatic rings. The number of carboxylic acid groups (broad SMARTS) is 1. The molecule has 0 saturated heterocycles. The quantitative estimate of drug-likeness (QED) is 0.426. The van der Waals surface area contributed by atoms with Crippen molar-refractivity contribution in [3.8, 4) is 22.6 Å². The minimum absolute atomic E-state index is 0.00168. The number of benzene rings is 2. The van der Waals surface area contributed by atoms with Crippen LogP contribution in [0.3, 0.4) is 0 Å². The van der Waals surface area contributed by atoms with Gasteiger partial charge in [0.05, 0.1) is 28.8 Å². The number of carboxylic acids is 1. The van der Waals surface area contributed by atoms with E-state index in [2.05, 4.69) is 4.98 Å². The summed E-state index contributed by atoms with van der Waals surface area (Å²) in [5.41, 5.74) is 0.618. The summed E-state index contributed by atoms with van der Waals surface area (Å²) in [4.78, 5) is 15.0. The molecule has 0 fully saturated rings. The van der Waals surface area contributed by atoms with Crippen molar-refractivity contribution in [1.29, 1.82) is 0 Å². The molecule has 144 valence electrons. The van der Waals surface area contributed by atoms with Crippen LogP contribution in [0, 0.1) is 0 Å². The maximum absolute atomic E-state index is 11.8. The summed E-state index contributed by atoms with van der Waals surface area (Å²) < 4.78 is 24.5. The number of anilines is 2. The summed E-state index contributed by atoms with van der Waals surface area (Å²) in [6.07, 6.45) is 1.21. The Balaban J connectivity index is 2.11. The number of aromatic hydroxyl groups is 2. The van der Waals surface area contributed by atoms with Gasteiger partial charge in [0.1, 0.15) is 22.2 Å². The van der Waals surface area contributed by atoms with Crippen molar-refractivity contribution >= 4 is 40.2 Å². The second kappa shape index (κ2) is 7.85. The van der Waals surface area contributed by atoms with Crippen LogP contribution in [0.5, 0.6) is 11.5 Å². The zero-order valence-corrected chi connectivity index (χ0v) is 15.5. The monoisotopic (exact) mass is 419 g/mol. The van der Waals surface area contributed by atoms with Gasteiger partial charge in [0.15, 0.2) is 0 Å². The number of pyridine rings is 1. The average Bonchev–Trinajstić information content (AvgIpc) is 2.62. The lowest BCUT2D eigenvalue weighted by molar-refractivity contribution is 0.0693. The summed E-state index contributed by atoms with van der Waals surface area (Å²) in [7, 11) is 0. The first-order valence-corrected chi connectivity index (χ1v) is 9.09. The topological polar surface area (TPSA) is 134 Å². The lowest BCUT2D eigenvalue weighted by atomic mass is 10.1. The van der Waals surface area contributed by atoms with Gasteiger partial charge in [-0.25, -0.2) is 9.78 Å². The van der Waals surface area contributed by atoms with Crippen molar-refractivity contribution in [2.24, 2.45) is 0 Å². The van der Waals surface area contributed by atoms with Crippen molar-refractivity contribution in [3.05, 3.63) is 65.4 Å². The van der Waals surface area contributed by atoms with Crippen LogP contribution < -0.4 is 4.31 Å². The smallest absolute Gasteiger partial charge is 0.339 e. The number of phenols is 2. The van der Waals surface area contributed by atoms with Crippen LogP contribution in [-0.2, 0) is 11.3 Å². The van der Waals surface area contributed by atoms with Gasteiger partial charge in [0, 0.05) is 11.6 Å². The van der Waals surface area contributed by atoms with Gasteiger partial charge in [-0.05, 0) is 35.9 Å². The zero-order chi connectivity index (χ0) is 20.4. The number of carbonyl (C=O) groups is 1. The number of hydrogen-bond donors (Lipinski definition) is 3. The Hall–Kier alpha value is -3.14. The predicted octanol–water partition coefficient (Wildman–Crippen LogP) is 3.44. The van der Waals surface area contributed by atoms with Gasteiger partial charge in [0.25, 0.3) is 0 Å². The molecule has 10 heteroatoms. The highest BCUT2D eigenvalue weighted by molar-refractivity contribution is 7.81. The number of aromatic nitrogens is 1.